The molecule has 0 fully saturated rings. The van der Waals surface area contributed by atoms with E-state index in [-0.39, 0.29) is 24.1 Å². The van der Waals surface area contributed by atoms with Crippen molar-refractivity contribution >= 4 is 5.97 Å². The number of hydrogen-bond acceptors (Lipinski definition) is 3. The van der Waals surface area contributed by atoms with Crippen LogP contribution in [0.2, 0.25) is 0 Å². The molecule has 1 aliphatic carbocycles. The number of rotatable bonds is 3. The first-order valence-electron chi connectivity index (χ1n) is 7.64. The minimum Gasteiger partial charge on any atom is -0.497 e. The van der Waals surface area contributed by atoms with E-state index in [4.69, 9.17) is 9.47 Å². The predicted molar refractivity (Wildman–Crippen MR) is 85.3 cm³/mol. The number of carbonyl (C=O) groups excluding carboxylic acids is 1. The van der Waals surface area contributed by atoms with Crippen molar-refractivity contribution in [3.8, 4) is 5.75 Å². The van der Waals surface area contributed by atoms with Crippen LogP contribution in [0.25, 0.3) is 0 Å². The van der Waals surface area contributed by atoms with Crippen molar-refractivity contribution in [2.24, 2.45) is 0 Å². The van der Waals surface area contributed by atoms with Crippen LogP contribution < -0.4 is 4.74 Å². The van der Waals surface area contributed by atoms with Gasteiger partial charge in [0.05, 0.1) is 20.6 Å². The summed E-state index contributed by atoms with van der Waals surface area (Å²) >= 11 is 0. The maximum Gasteiger partial charge on any atom is 0.306 e. The lowest BCUT2D eigenvalue weighted by Gasteiger charge is -2.20. The van der Waals surface area contributed by atoms with Crippen LogP contribution in [0.15, 0.2) is 36.4 Å². The van der Waals surface area contributed by atoms with Gasteiger partial charge < -0.3 is 9.47 Å². The summed E-state index contributed by atoms with van der Waals surface area (Å²) in [6.45, 7) is 0. The van der Waals surface area contributed by atoms with Gasteiger partial charge in [-0.25, -0.2) is 4.39 Å². The zero-order valence-corrected chi connectivity index (χ0v) is 13.3. The molecule has 1 unspecified atom stereocenters. The van der Waals surface area contributed by atoms with Crippen molar-refractivity contribution in [1.29, 1.82) is 0 Å². The lowest BCUT2D eigenvalue weighted by atomic mass is 9.85. The maximum absolute atomic E-state index is 13.6. The van der Waals surface area contributed by atoms with E-state index >= 15 is 0 Å². The first-order chi connectivity index (χ1) is 11.1. The molecular formula is C19H19FO3. The summed E-state index contributed by atoms with van der Waals surface area (Å²) in [5, 5.41) is 0. The van der Waals surface area contributed by atoms with Crippen molar-refractivity contribution in [3.05, 3.63) is 64.5 Å². The minimum absolute atomic E-state index is 0.124. The van der Waals surface area contributed by atoms with Crippen molar-refractivity contribution < 1.29 is 18.7 Å². The molecule has 0 bridgehead atoms. The van der Waals surface area contributed by atoms with E-state index in [1.807, 2.05) is 18.2 Å². The second-order valence-corrected chi connectivity index (χ2v) is 5.74. The van der Waals surface area contributed by atoms with Gasteiger partial charge in [-0.3, -0.25) is 4.79 Å². The molecule has 3 nitrogen and oxygen atoms in total. The fourth-order valence-electron chi connectivity index (χ4n) is 3.30. The third-order valence-electron chi connectivity index (χ3n) is 4.47. The monoisotopic (exact) mass is 314 g/mol. The quantitative estimate of drug-likeness (QED) is 0.812. The van der Waals surface area contributed by atoms with Crippen LogP contribution >= 0.6 is 0 Å². The number of aryl methyl sites for hydroxylation is 2. The second-order valence-electron chi connectivity index (χ2n) is 5.74. The highest BCUT2D eigenvalue weighted by molar-refractivity contribution is 5.72. The molecule has 0 heterocycles. The summed E-state index contributed by atoms with van der Waals surface area (Å²) in [6, 6.07) is 10.7. The fourth-order valence-corrected chi connectivity index (χ4v) is 3.30. The number of halogens is 1. The van der Waals surface area contributed by atoms with Gasteiger partial charge in [-0.2, -0.15) is 0 Å². The zero-order chi connectivity index (χ0) is 16.4. The Morgan fingerprint density at radius 1 is 1.09 bits per heavy atom. The van der Waals surface area contributed by atoms with Gasteiger partial charge in [0.1, 0.15) is 11.6 Å². The molecular weight excluding hydrogens is 295 g/mol. The molecule has 120 valence electrons. The number of fused-ring (bicyclic) bond motifs is 2. The molecule has 4 heteroatoms. The topological polar surface area (TPSA) is 35.5 Å². The standard InChI is InChI=1S/C19H19FO3/c1-22-15-6-8-17-13(10-15)4-3-12-9-14(20)5-7-16(12)18(17)11-19(21)23-2/h5-10,18H,3-4,11H2,1-2H3. The van der Waals surface area contributed by atoms with Crippen LogP contribution in [0, 0.1) is 5.82 Å². The smallest absolute Gasteiger partial charge is 0.306 e. The molecule has 2 aromatic carbocycles. The summed E-state index contributed by atoms with van der Waals surface area (Å²) in [5.41, 5.74) is 4.17. The highest BCUT2D eigenvalue weighted by Gasteiger charge is 2.26. The second kappa shape index (κ2) is 6.41. The summed E-state index contributed by atoms with van der Waals surface area (Å²) < 4.78 is 23.8. The van der Waals surface area contributed by atoms with Crippen LogP contribution in [0.1, 0.15) is 34.6 Å². The van der Waals surface area contributed by atoms with E-state index in [1.54, 1.807) is 19.2 Å². The lowest BCUT2D eigenvalue weighted by Crippen LogP contribution is -2.11. The number of esters is 1. The zero-order valence-electron chi connectivity index (χ0n) is 13.3. The fraction of sp³-hybridized carbons (Fsp3) is 0.316. The highest BCUT2D eigenvalue weighted by Crippen LogP contribution is 2.38. The van der Waals surface area contributed by atoms with E-state index in [0.29, 0.717) is 0 Å². The Hall–Kier alpha value is -2.36. The molecule has 23 heavy (non-hydrogen) atoms. The highest BCUT2D eigenvalue weighted by atomic mass is 19.1. The molecule has 1 atom stereocenters. The van der Waals surface area contributed by atoms with Gasteiger partial charge in [-0.15, -0.1) is 0 Å². The normalized spacial score (nSPS) is 16.0. The Morgan fingerprint density at radius 2 is 1.74 bits per heavy atom. The molecule has 0 amide bonds. The summed E-state index contributed by atoms with van der Waals surface area (Å²) in [7, 11) is 3.02. The number of carbonyl (C=O) groups is 1. The van der Waals surface area contributed by atoms with Gasteiger partial charge in [-0.05, 0) is 59.4 Å². The van der Waals surface area contributed by atoms with Crippen molar-refractivity contribution in [2.45, 2.75) is 25.2 Å². The van der Waals surface area contributed by atoms with Gasteiger partial charge in [0.2, 0.25) is 0 Å². The van der Waals surface area contributed by atoms with Crippen molar-refractivity contribution in [3.63, 3.8) is 0 Å². The lowest BCUT2D eigenvalue weighted by molar-refractivity contribution is -0.140. The van der Waals surface area contributed by atoms with E-state index < -0.39 is 0 Å². The van der Waals surface area contributed by atoms with Crippen molar-refractivity contribution in [2.75, 3.05) is 14.2 Å². The molecule has 0 saturated carbocycles. The minimum atomic E-state index is -0.269. The average molecular weight is 314 g/mol. The third kappa shape index (κ3) is 3.07. The summed E-state index contributed by atoms with van der Waals surface area (Å²) in [6.07, 6.45) is 1.78. The first kappa shape index (κ1) is 15.5. The number of benzene rings is 2. The molecule has 2 aromatic rings. The van der Waals surface area contributed by atoms with Crippen LogP contribution in [0.5, 0.6) is 5.75 Å². The maximum atomic E-state index is 13.6. The van der Waals surface area contributed by atoms with Gasteiger partial charge in [-0.1, -0.05) is 12.1 Å². The Labute approximate surface area is 135 Å². The molecule has 0 aliphatic heterocycles. The Morgan fingerprint density at radius 3 is 2.39 bits per heavy atom. The first-order valence-corrected chi connectivity index (χ1v) is 7.64. The van der Waals surface area contributed by atoms with Crippen LogP contribution in [0.3, 0.4) is 0 Å². The molecule has 0 spiro atoms. The van der Waals surface area contributed by atoms with Gasteiger partial charge in [0, 0.05) is 5.92 Å². The van der Waals surface area contributed by atoms with Crippen molar-refractivity contribution in [1.82, 2.24) is 0 Å². The summed E-state index contributed by atoms with van der Waals surface area (Å²) in [5.74, 6) is 0.150. The molecule has 3 rings (SSSR count). The number of hydrogen-bond donors (Lipinski definition) is 0. The van der Waals surface area contributed by atoms with Crippen LogP contribution in [0.4, 0.5) is 4.39 Å². The number of ether oxygens (including phenoxy) is 2. The third-order valence-corrected chi connectivity index (χ3v) is 4.47. The van der Waals surface area contributed by atoms with Gasteiger partial charge >= 0.3 is 5.97 Å². The summed E-state index contributed by atoms with van der Waals surface area (Å²) in [4.78, 5) is 11.9. The Bertz CT molecular complexity index is 739. The van der Waals surface area contributed by atoms with E-state index in [9.17, 15) is 9.18 Å². The molecule has 0 N–H and O–H groups in total. The van der Waals surface area contributed by atoms with Crippen LogP contribution in [-0.2, 0) is 22.4 Å². The SMILES string of the molecule is COC(=O)CC1c2ccc(F)cc2CCc2cc(OC)ccc21. The van der Waals surface area contributed by atoms with E-state index in [0.717, 1.165) is 40.8 Å². The predicted octanol–water partition coefficient (Wildman–Crippen LogP) is 3.63. The van der Waals surface area contributed by atoms with E-state index in [1.165, 1.54) is 13.2 Å². The Balaban J connectivity index is 2.12. The largest absolute Gasteiger partial charge is 0.497 e. The molecule has 0 saturated heterocycles. The molecule has 0 radical (unpaired) electrons. The molecule has 0 aromatic heterocycles. The van der Waals surface area contributed by atoms with Gasteiger partial charge in [0.15, 0.2) is 0 Å². The average Bonchev–Trinajstić information content (AvgIpc) is 2.71. The van der Waals surface area contributed by atoms with Gasteiger partial charge in [0.25, 0.3) is 0 Å². The number of methoxy groups -OCH3 is 2. The Kier molecular flexibility index (Phi) is 4.33. The van der Waals surface area contributed by atoms with E-state index in [2.05, 4.69) is 0 Å². The molecule has 1 aliphatic rings. The van der Waals surface area contributed by atoms with Crippen LogP contribution in [-0.4, -0.2) is 20.2 Å².